The Bertz CT molecular complexity index is 1010. The molecule has 2 aromatic carbocycles. The van der Waals surface area contributed by atoms with E-state index in [1.54, 1.807) is 19.2 Å². The van der Waals surface area contributed by atoms with Crippen LogP contribution in [0.4, 0.5) is 0 Å². The Hall–Kier alpha value is -2.03. The zero-order valence-corrected chi connectivity index (χ0v) is 19.3. The number of rotatable bonds is 7. The van der Waals surface area contributed by atoms with Gasteiger partial charge < -0.3 is 10.1 Å². The van der Waals surface area contributed by atoms with Crippen molar-refractivity contribution in [2.75, 3.05) is 13.7 Å². The van der Waals surface area contributed by atoms with Crippen molar-refractivity contribution in [1.82, 2.24) is 20.1 Å². The Morgan fingerprint density at radius 2 is 2.00 bits per heavy atom. The van der Waals surface area contributed by atoms with Crippen LogP contribution in [0, 0.1) is 0 Å². The van der Waals surface area contributed by atoms with E-state index in [2.05, 4.69) is 31.4 Å². The van der Waals surface area contributed by atoms with Crippen LogP contribution in [-0.4, -0.2) is 39.6 Å². The van der Waals surface area contributed by atoms with Crippen LogP contribution in [-0.2, 0) is 4.79 Å². The number of nitrogens with zero attached hydrogens (tertiary/aromatic N) is 3. The molecule has 3 rings (SSSR count). The topological polar surface area (TPSA) is 69.0 Å². The minimum absolute atomic E-state index is 0.0509. The SMILES string of the molecule is CCNC(=O)C(C)Sc1nnc(-c2ccc(Br)cc2)n1-c1ccc(OC)c(Cl)c1. The summed E-state index contributed by atoms with van der Waals surface area (Å²) in [4.78, 5) is 12.2. The van der Waals surface area contributed by atoms with Gasteiger partial charge >= 0.3 is 0 Å². The smallest absolute Gasteiger partial charge is 0.233 e. The van der Waals surface area contributed by atoms with Gasteiger partial charge in [0.15, 0.2) is 11.0 Å². The lowest BCUT2D eigenvalue weighted by molar-refractivity contribution is -0.120. The molecule has 0 aliphatic heterocycles. The number of aromatic nitrogens is 3. The average Bonchev–Trinajstić information content (AvgIpc) is 3.12. The number of ether oxygens (including phenoxy) is 1. The number of methoxy groups -OCH3 is 1. The molecule has 6 nitrogen and oxygen atoms in total. The van der Waals surface area contributed by atoms with Crippen molar-refractivity contribution in [3.63, 3.8) is 0 Å². The van der Waals surface area contributed by atoms with Crippen LogP contribution >= 0.6 is 39.3 Å². The van der Waals surface area contributed by atoms with Gasteiger partial charge in [-0.3, -0.25) is 9.36 Å². The van der Waals surface area contributed by atoms with Gasteiger partial charge in [0.1, 0.15) is 5.75 Å². The lowest BCUT2D eigenvalue weighted by atomic mass is 10.2. The van der Waals surface area contributed by atoms with Crippen LogP contribution in [0.2, 0.25) is 5.02 Å². The number of hydrogen-bond acceptors (Lipinski definition) is 5. The Balaban J connectivity index is 2.08. The molecule has 0 spiro atoms. The van der Waals surface area contributed by atoms with E-state index in [4.69, 9.17) is 16.3 Å². The second kappa shape index (κ2) is 9.65. The molecule has 0 fully saturated rings. The summed E-state index contributed by atoms with van der Waals surface area (Å²) in [6.07, 6.45) is 0. The maximum atomic E-state index is 12.2. The van der Waals surface area contributed by atoms with Crippen LogP contribution in [0.3, 0.4) is 0 Å². The van der Waals surface area contributed by atoms with Crippen molar-refractivity contribution in [2.24, 2.45) is 0 Å². The molecule has 29 heavy (non-hydrogen) atoms. The summed E-state index contributed by atoms with van der Waals surface area (Å²) in [5.74, 6) is 1.19. The maximum Gasteiger partial charge on any atom is 0.233 e. The molecule has 0 saturated carbocycles. The van der Waals surface area contributed by atoms with Crippen molar-refractivity contribution in [1.29, 1.82) is 0 Å². The highest BCUT2D eigenvalue weighted by Crippen LogP contribution is 2.33. The molecular weight excluding hydrogens is 476 g/mol. The molecule has 0 radical (unpaired) electrons. The molecule has 1 amide bonds. The molecule has 1 aromatic heterocycles. The average molecular weight is 496 g/mol. The summed E-state index contributed by atoms with van der Waals surface area (Å²) in [6, 6.07) is 13.3. The van der Waals surface area contributed by atoms with Crippen LogP contribution in [0.25, 0.3) is 17.1 Å². The lowest BCUT2D eigenvalue weighted by Crippen LogP contribution is -2.30. The number of amides is 1. The third-order valence-corrected chi connectivity index (χ3v) is 6.00. The lowest BCUT2D eigenvalue weighted by Gasteiger charge is -2.14. The van der Waals surface area contributed by atoms with Gasteiger partial charge in [-0.1, -0.05) is 51.4 Å². The van der Waals surface area contributed by atoms with Gasteiger partial charge in [-0.05, 0) is 44.2 Å². The molecule has 9 heteroatoms. The van der Waals surface area contributed by atoms with Crippen molar-refractivity contribution >= 4 is 45.2 Å². The number of thioether (sulfide) groups is 1. The fourth-order valence-electron chi connectivity index (χ4n) is 2.69. The molecule has 1 heterocycles. The van der Waals surface area contributed by atoms with Crippen molar-refractivity contribution in [3.05, 3.63) is 52.0 Å². The third kappa shape index (κ3) is 4.94. The summed E-state index contributed by atoms with van der Waals surface area (Å²) >= 11 is 11.2. The van der Waals surface area contributed by atoms with Gasteiger partial charge in [-0.25, -0.2) is 0 Å². The van der Waals surface area contributed by atoms with Gasteiger partial charge in [-0.15, -0.1) is 10.2 Å². The zero-order chi connectivity index (χ0) is 21.0. The predicted molar refractivity (Wildman–Crippen MR) is 120 cm³/mol. The Morgan fingerprint density at radius 1 is 1.28 bits per heavy atom. The minimum Gasteiger partial charge on any atom is -0.495 e. The van der Waals surface area contributed by atoms with Crippen LogP contribution in [0.15, 0.2) is 52.1 Å². The highest BCUT2D eigenvalue weighted by atomic mass is 79.9. The van der Waals surface area contributed by atoms with E-state index in [0.29, 0.717) is 28.3 Å². The van der Waals surface area contributed by atoms with E-state index in [-0.39, 0.29) is 11.2 Å². The van der Waals surface area contributed by atoms with Gasteiger partial charge in [0.25, 0.3) is 0 Å². The normalized spacial score (nSPS) is 11.9. The molecule has 152 valence electrons. The fourth-order valence-corrected chi connectivity index (χ4v) is 4.10. The molecule has 0 aliphatic carbocycles. The third-order valence-electron chi connectivity index (χ3n) is 4.13. The van der Waals surface area contributed by atoms with E-state index < -0.39 is 0 Å². The summed E-state index contributed by atoms with van der Waals surface area (Å²) < 4.78 is 8.13. The van der Waals surface area contributed by atoms with E-state index in [0.717, 1.165) is 15.7 Å². The number of nitrogens with one attached hydrogen (secondary N) is 1. The predicted octanol–water partition coefficient (Wildman–Crippen LogP) is 4.98. The Kier molecular flexibility index (Phi) is 7.21. The van der Waals surface area contributed by atoms with Gasteiger partial charge in [0.05, 0.1) is 23.1 Å². The first kappa shape index (κ1) is 21.7. The minimum atomic E-state index is -0.329. The highest BCUT2D eigenvalue weighted by molar-refractivity contribution is 9.10. The number of carbonyl (C=O) groups excluding carboxylic acids is 1. The Morgan fingerprint density at radius 3 is 2.62 bits per heavy atom. The fraction of sp³-hybridized carbons (Fsp3) is 0.250. The van der Waals surface area contributed by atoms with Crippen molar-refractivity contribution < 1.29 is 9.53 Å². The van der Waals surface area contributed by atoms with E-state index in [1.165, 1.54) is 11.8 Å². The highest BCUT2D eigenvalue weighted by Gasteiger charge is 2.22. The first-order valence-electron chi connectivity index (χ1n) is 8.94. The summed E-state index contributed by atoms with van der Waals surface area (Å²) in [5.41, 5.74) is 1.68. The molecule has 1 N–H and O–H groups in total. The van der Waals surface area contributed by atoms with Gasteiger partial charge in [0.2, 0.25) is 5.91 Å². The number of halogens is 2. The monoisotopic (exact) mass is 494 g/mol. The van der Waals surface area contributed by atoms with E-state index in [9.17, 15) is 4.79 Å². The van der Waals surface area contributed by atoms with Crippen LogP contribution in [0.1, 0.15) is 13.8 Å². The molecule has 0 saturated heterocycles. The molecule has 3 aromatic rings. The maximum absolute atomic E-state index is 12.2. The zero-order valence-electron chi connectivity index (χ0n) is 16.1. The summed E-state index contributed by atoms with van der Waals surface area (Å²) in [5, 5.41) is 12.3. The quantitative estimate of drug-likeness (QED) is 0.468. The molecule has 0 bridgehead atoms. The van der Waals surface area contributed by atoms with Crippen LogP contribution < -0.4 is 10.1 Å². The second-order valence-electron chi connectivity index (χ2n) is 6.12. The van der Waals surface area contributed by atoms with Gasteiger partial charge in [0, 0.05) is 16.6 Å². The van der Waals surface area contributed by atoms with E-state index in [1.807, 2.05) is 48.7 Å². The van der Waals surface area contributed by atoms with Crippen LogP contribution in [0.5, 0.6) is 5.75 Å². The molecule has 1 unspecified atom stereocenters. The molecule has 0 aliphatic rings. The Labute approximate surface area is 187 Å². The molecular formula is C20H20BrClN4O2S. The first-order chi connectivity index (χ1) is 13.9. The van der Waals surface area contributed by atoms with Crippen molar-refractivity contribution in [2.45, 2.75) is 24.3 Å². The second-order valence-corrected chi connectivity index (χ2v) is 8.75. The standard InChI is InChI=1S/C20H20BrClN4O2S/c1-4-23-19(27)12(2)29-20-25-24-18(13-5-7-14(21)8-6-13)26(20)15-9-10-17(28-3)16(22)11-15/h5-12H,4H2,1-3H3,(H,23,27). The number of carbonyl (C=O) groups is 1. The number of hydrogen-bond donors (Lipinski definition) is 1. The summed E-state index contributed by atoms with van der Waals surface area (Å²) in [7, 11) is 1.57. The number of benzene rings is 2. The van der Waals surface area contributed by atoms with E-state index >= 15 is 0 Å². The largest absolute Gasteiger partial charge is 0.495 e. The first-order valence-corrected chi connectivity index (χ1v) is 11.0. The summed E-state index contributed by atoms with van der Waals surface area (Å²) in [6.45, 7) is 4.31. The molecule has 1 atom stereocenters. The van der Waals surface area contributed by atoms with Gasteiger partial charge in [-0.2, -0.15) is 0 Å². The van der Waals surface area contributed by atoms with Crippen molar-refractivity contribution in [3.8, 4) is 22.8 Å².